The maximum absolute atomic E-state index is 11.3. The molecule has 0 heterocycles. The van der Waals surface area contributed by atoms with Gasteiger partial charge < -0.3 is 5.11 Å². The van der Waals surface area contributed by atoms with Gasteiger partial charge in [-0.15, -0.1) is 0 Å². The molecule has 19 heavy (non-hydrogen) atoms. The van der Waals surface area contributed by atoms with E-state index in [-0.39, 0.29) is 5.69 Å². The molecule has 0 amide bonds. The predicted octanol–water partition coefficient (Wildman–Crippen LogP) is 3.73. The first-order valence-corrected chi connectivity index (χ1v) is 6.53. The fourth-order valence-electron chi connectivity index (χ4n) is 2.06. The first kappa shape index (κ1) is 15.1. The van der Waals surface area contributed by atoms with Gasteiger partial charge in [-0.1, -0.05) is 44.7 Å². The largest absolute Gasteiger partial charge is 0.481 e. The van der Waals surface area contributed by atoms with Crippen molar-refractivity contribution in [1.29, 1.82) is 0 Å². The number of carboxylic acids is 1. The van der Waals surface area contributed by atoms with Crippen molar-refractivity contribution in [2.24, 2.45) is 0 Å². The average molecular weight is 265 g/mol. The molecule has 1 rings (SSSR count). The number of non-ortho nitro benzene ring substituents is 1. The van der Waals surface area contributed by atoms with Crippen molar-refractivity contribution in [1.82, 2.24) is 0 Å². The number of nitro groups is 1. The molecule has 1 N–H and O–H groups in total. The standard InChI is InChI=1S/C14H19NO4/c1-2-3-4-5-9-13(14(16)17)11-7-6-8-12(10-11)15(18)19/h6-8,10,13H,2-5,9H2,1H3,(H,16,17). The lowest BCUT2D eigenvalue weighted by atomic mass is 9.93. The molecule has 5 heteroatoms. The zero-order valence-electron chi connectivity index (χ0n) is 11.0. The van der Waals surface area contributed by atoms with Gasteiger partial charge in [-0.05, 0) is 12.0 Å². The van der Waals surface area contributed by atoms with E-state index in [0.717, 1.165) is 25.7 Å². The lowest BCUT2D eigenvalue weighted by Crippen LogP contribution is -2.11. The van der Waals surface area contributed by atoms with Gasteiger partial charge in [0.1, 0.15) is 0 Å². The molecule has 0 saturated carbocycles. The van der Waals surface area contributed by atoms with Gasteiger partial charge >= 0.3 is 5.97 Å². The Balaban J connectivity index is 2.78. The zero-order valence-corrected chi connectivity index (χ0v) is 11.0. The number of hydrogen-bond donors (Lipinski definition) is 1. The molecule has 0 saturated heterocycles. The van der Waals surface area contributed by atoms with Crippen molar-refractivity contribution in [3.05, 3.63) is 39.9 Å². The Bertz CT molecular complexity index is 445. The molecule has 1 unspecified atom stereocenters. The SMILES string of the molecule is CCCCCCC(C(=O)O)c1cccc([N+](=O)[O-])c1. The first-order valence-electron chi connectivity index (χ1n) is 6.53. The monoisotopic (exact) mass is 265 g/mol. The molecule has 0 aliphatic carbocycles. The summed E-state index contributed by atoms with van der Waals surface area (Å²) in [4.78, 5) is 21.5. The summed E-state index contributed by atoms with van der Waals surface area (Å²) in [6.45, 7) is 2.09. The smallest absolute Gasteiger partial charge is 0.310 e. The number of nitrogens with zero attached hydrogens (tertiary/aromatic N) is 1. The van der Waals surface area contributed by atoms with Crippen LogP contribution in [0.3, 0.4) is 0 Å². The summed E-state index contributed by atoms with van der Waals surface area (Å²) in [6.07, 6.45) is 4.52. The number of aliphatic carboxylic acids is 1. The number of carbonyl (C=O) groups is 1. The van der Waals surface area contributed by atoms with Crippen molar-refractivity contribution in [3.8, 4) is 0 Å². The number of nitro benzene ring substituents is 1. The van der Waals surface area contributed by atoms with E-state index in [1.807, 2.05) is 0 Å². The van der Waals surface area contributed by atoms with Crippen molar-refractivity contribution in [2.45, 2.75) is 44.9 Å². The number of unbranched alkanes of at least 4 members (excludes halogenated alkanes) is 3. The molecular formula is C14H19NO4. The van der Waals surface area contributed by atoms with Crippen molar-refractivity contribution in [3.63, 3.8) is 0 Å². The molecule has 1 aromatic rings. The van der Waals surface area contributed by atoms with E-state index in [1.165, 1.54) is 18.2 Å². The van der Waals surface area contributed by atoms with Crippen LogP contribution in [0.15, 0.2) is 24.3 Å². The van der Waals surface area contributed by atoms with Gasteiger partial charge in [-0.2, -0.15) is 0 Å². The molecule has 0 aliphatic heterocycles. The molecule has 0 bridgehead atoms. The average Bonchev–Trinajstić information content (AvgIpc) is 2.38. The minimum atomic E-state index is -0.919. The minimum absolute atomic E-state index is 0.0580. The van der Waals surface area contributed by atoms with Gasteiger partial charge in [0.05, 0.1) is 10.8 Å². The van der Waals surface area contributed by atoms with Crippen molar-refractivity contribution < 1.29 is 14.8 Å². The van der Waals surface area contributed by atoms with Gasteiger partial charge in [0.25, 0.3) is 5.69 Å². The summed E-state index contributed by atoms with van der Waals surface area (Å²) in [6, 6.07) is 5.92. The Morgan fingerprint density at radius 2 is 2.11 bits per heavy atom. The highest BCUT2D eigenvalue weighted by molar-refractivity contribution is 5.76. The van der Waals surface area contributed by atoms with E-state index >= 15 is 0 Å². The van der Waals surface area contributed by atoms with E-state index in [4.69, 9.17) is 0 Å². The lowest BCUT2D eigenvalue weighted by Gasteiger charge is -2.12. The number of rotatable bonds is 8. The number of carboxylic acid groups (broad SMARTS) is 1. The molecule has 0 spiro atoms. The van der Waals surface area contributed by atoms with Gasteiger partial charge in [-0.25, -0.2) is 0 Å². The third-order valence-electron chi connectivity index (χ3n) is 3.13. The summed E-state index contributed by atoms with van der Waals surface area (Å²) in [5.41, 5.74) is 0.454. The third-order valence-corrected chi connectivity index (χ3v) is 3.13. The van der Waals surface area contributed by atoms with Crippen LogP contribution >= 0.6 is 0 Å². The molecule has 1 atom stereocenters. The highest BCUT2D eigenvalue weighted by Crippen LogP contribution is 2.26. The molecule has 0 fully saturated rings. The van der Waals surface area contributed by atoms with Crippen LogP contribution in [0.4, 0.5) is 5.69 Å². The van der Waals surface area contributed by atoms with E-state index < -0.39 is 16.8 Å². The summed E-state index contributed by atoms with van der Waals surface area (Å²) in [5, 5.41) is 19.9. The van der Waals surface area contributed by atoms with Crippen LogP contribution in [0, 0.1) is 10.1 Å². The maximum Gasteiger partial charge on any atom is 0.310 e. The van der Waals surface area contributed by atoms with Gasteiger partial charge in [0.15, 0.2) is 0 Å². The maximum atomic E-state index is 11.3. The number of benzene rings is 1. The summed E-state index contributed by atoms with van der Waals surface area (Å²) in [5.74, 6) is -1.58. The minimum Gasteiger partial charge on any atom is -0.481 e. The molecule has 104 valence electrons. The van der Waals surface area contributed by atoms with Crippen molar-refractivity contribution in [2.75, 3.05) is 0 Å². The zero-order chi connectivity index (χ0) is 14.3. The van der Waals surface area contributed by atoms with Crippen LogP contribution in [0.1, 0.15) is 50.5 Å². The van der Waals surface area contributed by atoms with Gasteiger partial charge in [0, 0.05) is 12.1 Å². The Labute approximate surface area is 112 Å². The predicted molar refractivity (Wildman–Crippen MR) is 72.2 cm³/mol. The Morgan fingerprint density at radius 3 is 2.68 bits per heavy atom. The van der Waals surface area contributed by atoms with Gasteiger partial charge in [-0.3, -0.25) is 14.9 Å². The van der Waals surface area contributed by atoms with E-state index in [0.29, 0.717) is 12.0 Å². The summed E-state index contributed by atoms with van der Waals surface area (Å²) >= 11 is 0. The second-order valence-electron chi connectivity index (χ2n) is 4.59. The second kappa shape index (κ2) is 7.51. The third kappa shape index (κ3) is 4.69. The summed E-state index contributed by atoms with van der Waals surface area (Å²) in [7, 11) is 0. The van der Waals surface area contributed by atoms with Crippen LogP contribution in [0.25, 0.3) is 0 Å². The summed E-state index contributed by atoms with van der Waals surface area (Å²) < 4.78 is 0. The highest BCUT2D eigenvalue weighted by Gasteiger charge is 2.21. The highest BCUT2D eigenvalue weighted by atomic mass is 16.6. The topological polar surface area (TPSA) is 80.4 Å². The molecule has 1 aromatic carbocycles. The molecule has 5 nitrogen and oxygen atoms in total. The Hall–Kier alpha value is -1.91. The Morgan fingerprint density at radius 1 is 1.37 bits per heavy atom. The van der Waals surface area contributed by atoms with Crippen molar-refractivity contribution >= 4 is 11.7 Å². The normalized spacial score (nSPS) is 12.1. The lowest BCUT2D eigenvalue weighted by molar-refractivity contribution is -0.384. The quantitative estimate of drug-likeness (QED) is 0.441. The van der Waals surface area contributed by atoms with Crippen LogP contribution in [-0.2, 0) is 4.79 Å². The number of hydrogen-bond acceptors (Lipinski definition) is 3. The fourth-order valence-corrected chi connectivity index (χ4v) is 2.06. The van der Waals surface area contributed by atoms with Crippen LogP contribution in [0.5, 0.6) is 0 Å². The second-order valence-corrected chi connectivity index (χ2v) is 4.59. The molecule has 0 radical (unpaired) electrons. The van der Waals surface area contributed by atoms with Crippen LogP contribution < -0.4 is 0 Å². The first-order chi connectivity index (χ1) is 9.06. The Kier molecular flexibility index (Phi) is 5.99. The van der Waals surface area contributed by atoms with Gasteiger partial charge in [0.2, 0.25) is 0 Å². The molecule has 0 aromatic heterocycles. The van der Waals surface area contributed by atoms with Crippen LogP contribution in [0.2, 0.25) is 0 Å². The van der Waals surface area contributed by atoms with Crippen LogP contribution in [-0.4, -0.2) is 16.0 Å². The fraction of sp³-hybridized carbons (Fsp3) is 0.500. The van der Waals surface area contributed by atoms with E-state index in [9.17, 15) is 20.0 Å². The molecule has 0 aliphatic rings. The molecular weight excluding hydrogens is 246 g/mol. The van der Waals surface area contributed by atoms with E-state index in [2.05, 4.69) is 6.92 Å². The van der Waals surface area contributed by atoms with E-state index in [1.54, 1.807) is 6.07 Å².